The first-order valence-electron chi connectivity index (χ1n) is 9.71. The van der Waals surface area contributed by atoms with Gasteiger partial charge in [-0.25, -0.2) is 4.79 Å². The smallest absolute Gasteiger partial charge is 0.323 e. The molecule has 0 atom stereocenters. The van der Waals surface area contributed by atoms with Gasteiger partial charge in [0.05, 0.1) is 16.4 Å². The summed E-state index contributed by atoms with van der Waals surface area (Å²) in [6.07, 6.45) is 3.71. The van der Waals surface area contributed by atoms with Crippen molar-refractivity contribution in [2.75, 3.05) is 28.6 Å². The summed E-state index contributed by atoms with van der Waals surface area (Å²) in [5, 5.41) is 14.8. The van der Waals surface area contributed by atoms with Crippen LogP contribution in [0, 0.1) is 0 Å². The number of piperidine rings is 1. The average Bonchev–Trinajstić information content (AvgIpc) is 2.77. The number of nitrogens with zero attached hydrogens (tertiary/aromatic N) is 3. The lowest BCUT2D eigenvalue weighted by molar-refractivity contribution is 0.262. The zero-order valence-corrected chi connectivity index (χ0v) is 16.7. The van der Waals surface area contributed by atoms with E-state index in [0.29, 0.717) is 16.4 Å². The molecular formula is C22H22ClN5O. The van der Waals surface area contributed by atoms with E-state index in [0.717, 1.165) is 30.2 Å². The fourth-order valence-corrected chi connectivity index (χ4v) is 3.53. The summed E-state index contributed by atoms with van der Waals surface area (Å²) in [6, 6.07) is 18.3. The molecule has 0 saturated carbocycles. The van der Waals surface area contributed by atoms with Gasteiger partial charge >= 0.3 is 6.03 Å². The van der Waals surface area contributed by atoms with Crippen molar-refractivity contribution >= 4 is 34.8 Å². The van der Waals surface area contributed by atoms with Crippen molar-refractivity contribution < 1.29 is 4.79 Å². The van der Waals surface area contributed by atoms with Crippen molar-refractivity contribution in [3.8, 4) is 11.3 Å². The summed E-state index contributed by atoms with van der Waals surface area (Å²) in [6.45, 7) is 2.09. The molecule has 0 aliphatic carbocycles. The maximum Gasteiger partial charge on any atom is 0.323 e. The van der Waals surface area contributed by atoms with Crippen LogP contribution in [0.3, 0.4) is 0 Å². The van der Waals surface area contributed by atoms with Crippen molar-refractivity contribution in [2.45, 2.75) is 19.3 Å². The van der Waals surface area contributed by atoms with Gasteiger partial charge in [0.2, 0.25) is 0 Å². The number of anilines is 3. The number of aromatic nitrogens is 2. The Labute approximate surface area is 174 Å². The summed E-state index contributed by atoms with van der Waals surface area (Å²) in [4.78, 5) is 14.5. The van der Waals surface area contributed by atoms with Gasteiger partial charge in [-0.1, -0.05) is 35.9 Å². The molecule has 1 aliphatic heterocycles. The zero-order chi connectivity index (χ0) is 20.1. The highest BCUT2D eigenvalue weighted by atomic mass is 35.5. The van der Waals surface area contributed by atoms with Crippen LogP contribution in [-0.2, 0) is 0 Å². The van der Waals surface area contributed by atoms with E-state index in [2.05, 4.69) is 25.7 Å². The minimum atomic E-state index is -0.350. The predicted octanol–water partition coefficient (Wildman–Crippen LogP) is 5.43. The van der Waals surface area contributed by atoms with E-state index in [-0.39, 0.29) is 6.03 Å². The van der Waals surface area contributed by atoms with Crippen LogP contribution in [0.4, 0.5) is 22.0 Å². The molecule has 0 radical (unpaired) electrons. The third-order valence-electron chi connectivity index (χ3n) is 4.89. The highest BCUT2D eigenvalue weighted by Gasteiger charge is 2.13. The minimum absolute atomic E-state index is 0.350. The first kappa shape index (κ1) is 19.2. The van der Waals surface area contributed by atoms with Crippen LogP contribution in [0.25, 0.3) is 11.3 Å². The fraction of sp³-hybridized carbons (Fsp3) is 0.227. The van der Waals surface area contributed by atoms with E-state index in [4.69, 9.17) is 11.6 Å². The molecule has 1 fully saturated rings. The van der Waals surface area contributed by atoms with Gasteiger partial charge in [-0.05, 0) is 55.7 Å². The SMILES string of the molecule is O=C(Nc1ccc(-c2ccc(N3CCCCC3)nn2)cc1)Nc1ccccc1Cl. The number of rotatable bonds is 4. The molecule has 2 aromatic carbocycles. The van der Waals surface area contributed by atoms with Gasteiger partial charge in [0, 0.05) is 24.3 Å². The van der Waals surface area contributed by atoms with E-state index < -0.39 is 0 Å². The maximum atomic E-state index is 12.2. The topological polar surface area (TPSA) is 70.2 Å². The number of hydrogen-bond acceptors (Lipinski definition) is 4. The molecule has 1 aliphatic rings. The highest BCUT2D eigenvalue weighted by Crippen LogP contribution is 2.23. The summed E-state index contributed by atoms with van der Waals surface area (Å²) in [5.41, 5.74) is 2.99. The van der Waals surface area contributed by atoms with Crippen LogP contribution >= 0.6 is 11.6 Å². The van der Waals surface area contributed by atoms with Crippen molar-refractivity contribution in [3.63, 3.8) is 0 Å². The number of carbonyl (C=O) groups is 1. The Kier molecular flexibility index (Phi) is 5.91. The van der Waals surface area contributed by atoms with Gasteiger partial charge in [-0.3, -0.25) is 0 Å². The van der Waals surface area contributed by atoms with Gasteiger partial charge < -0.3 is 15.5 Å². The van der Waals surface area contributed by atoms with Crippen molar-refractivity contribution in [2.24, 2.45) is 0 Å². The Morgan fingerprint density at radius 3 is 2.31 bits per heavy atom. The number of para-hydroxylation sites is 1. The molecule has 7 heteroatoms. The summed E-state index contributed by atoms with van der Waals surface area (Å²) < 4.78 is 0. The van der Waals surface area contributed by atoms with Crippen LogP contribution in [0.1, 0.15) is 19.3 Å². The van der Waals surface area contributed by atoms with E-state index in [1.165, 1.54) is 19.3 Å². The molecule has 0 spiro atoms. The van der Waals surface area contributed by atoms with E-state index in [9.17, 15) is 4.79 Å². The molecule has 6 nitrogen and oxygen atoms in total. The summed E-state index contributed by atoms with van der Waals surface area (Å²) >= 11 is 6.06. The largest absolute Gasteiger partial charge is 0.355 e. The van der Waals surface area contributed by atoms with Crippen LogP contribution in [-0.4, -0.2) is 29.3 Å². The summed E-state index contributed by atoms with van der Waals surface area (Å²) in [7, 11) is 0. The van der Waals surface area contributed by atoms with Crippen LogP contribution in [0.15, 0.2) is 60.7 Å². The highest BCUT2D eigenvalue weighted by molar-refractivity contribution is 6.33. The molecule has 148 valence electrons. The molecule has 3 aromatic rings. The van der Waals surface area contributed by atoms with Crippen LogP contribution in [0.5, 0.6) is 0 Å². The molecule has 4 rings (SSSR count). The van der Waals surface area contributed by atoms with Gasteiger partial charge in [0.25, 0.3) is 0 Å². The number of urea groups is 1. The molecule has 29 heavy (non-hydrogen) atoms. The molecule has 0 unspecified atom stereocenters. The zero-order valence-electron chi connectivity index (χ0n) is 15.9. The van der Waals surface area contributed by atoms with Crippen molar-refractivity contribution in [1.29, 1.82) is 0 Å². The van der Waals surface area contributed by atoms with Crippen molar-refractivity contribution in [3.05, 3.63) is 65.7 Å². The lowest BCUT2D eigenvalue weighted by Crippen LogP contribution is -2.30. The number of carbonyl (C=O) groups excluding carboxylic acids is 1. The Balaban J connectivity index is 1.38. The minimum Gasteiger partial charge on any atom is -0.355 e. The fourth-order valence-electron chi connectivity index (χ4n) is 3.34. The van der Waals surface area contributed by atoms with Gasteiger partial charge in [0.15, 0.2) is 5.82 Å². The van der Waals surface area contributed by atoms with Crippen LogP contribution in [0.2, 0.25) is 5.02 Å². The van der Waals surface area contributed by atoms with Crippen molar-refractivity contribution in [1.82, 2.24) is 10.2 Å². The first-order chi connectivity index (χ1) is 14.2. The van der Waals surface area contributed by atoms with E-state index >= 15 is 0 Å². The number of nitrogens with one attached hydrogen (secondary N) is 2. The Hall–Kier alpha value is -3.12. The quantitative estimate of drug-likeness (QED) is 0.604. The number of hydrogen-bond donors (Lipinski definition) is 2. The standard InChI is InChI=1S/C22H22ClN5O/c23-18-6-2-3-7-20(18)25-22(29)24-17-10-8-16(9-11-17)19-12-13-21(27-26-19)28-14-4-1-5-15-28/h2-3,6-13H,1,4-5,14-15H2,(H2,24,25,29). The average molecular weight is 408 g/mol. The van der Waals surface area contributed by atoms with E-state index in [1.54, 1.807) is 12.1 Å². The lowest BCUT2D eigenvalue weighted by Gasteiger charge is -2.27. The van der Waals surface area contributed by atoms with Gasteiger partial charge in [-0.15, -0.1) is 10.2 Å². The lowest BCUT2D eigenvalue weighted by atomic mass is 10.1. The first-order valence-corrected chi connectivity index (χ1v) is 10.1. The number of amides is 2. The second-order valence-electron chi connectivity index (χ2n) is 6.96. The van der Waals surface area contributed by atoms with E-state index in [1.807, 2.05) is 48.5 Å². The Morgan fingerprint density at radius 1 is 0.862 bits per heavy atom. The molecule has 2 amide bonds. The third kappa shape index (κ3) is 4.84. The Bertz CT molecular complexity index is 969. The van der Waals surface area contributed by atoms with Gasteiger partial charge in [0.1, 0.15) is 0 Å². The normalized spacial score (nSPS) is 13.8. The second-order valence-corrected chi connectivity index (χ2v) is 7.37. The molecular weight excluding hydrogens is 386 g/mol. The number of benzene rings is 2. The molecule has 2 heterocycles. The monoisotopic (exact) mass is 407 g/mol. The Morgan fingerprint density at radius 2 is 1.62 bits per heavy atom. The predicted molar refractivity (Wildman–Crippen MR) is 118 cm³/mol. The maximum absolute atomic E-state index is 12.2. The number of halogens is 1. The van der Waals surface area contributed by atoms with Crippen LogP contribution < -0.4 is 15.5 Å². The molecule has 1 saturated heterocycles. The third-order valence-corrected chi connectivity index (χ3v) is 5.22. The molecule has 0 bridgehead atoms. The molecule has 2 N–H and O–H groups in total. The second kappa shape index (κ2) is 8.92. The molecule has 1 aromatic heterocycles. The van der Waals surface area contributed by atoms with Gasteiger partial charge in [-0.2, -0.15) is 0 Å². The summed E-state index contributed by atoms with van der Waals surface area (Å²) in [5.74, 6) is 0.933.